The summed E-state index contributed by atoms with van der Waals surface area (Å²) in [5.74, 6) is 0.0913. The number of halogens is 1. The number of benzene rings is 3. The van der Waals surface area contributed by atoms with Crippen molar-refractivity contribution in [3.05, 3.63) is 101 Å². The van der Waals surface area contributed by atoms with Gasteiger partial charge in [-0.2, -0.15) is 0 Å². The lowest BCUT2D eigenvalue weighted by molar-refractivity contribution is -0.142. The van der Waals surface area contributed by atoms with Crippen LogP contribution in [0.4, 0.5) is 0 Å². The molecule has 0 aliphatic rings. The van der Waals surface area contributed by atoms with Crippen LogP contribution < -0.4 is 10.1 Å². The van der Waals surface area contributed by atoms with Gasteiger partial charge < -0.3 is 15.0 Å². The van der Waals surface area contributed by atoms with E-state index >= 15 is 0 Å². The topological polar surface area (TPSA) is 58.6 Å². The Morgan fingerprint density at radius 3 is 2.22 bits per heavy atom. The van der Waals surface area contributed by atoms with Crippen LogP contribution in [0.25, 0.3) is 0 Å². The molecule has 1 atom stereocenters. The van der Waals surface area contributed by atoms with Crippen LogP contribution in [-0.4, -0.2) is 35.9 Å². The number of amides is 2. The molecule has 0 spiro atoms. The average Bonchev–Trinajstić information content (AvgIpc) is 2.82. The summed E-state index contributed by atoms with van der Waals surface area (Å²) in [4.78, 5) is 28.0. The van der Waals surface area contributed by atoms with Crippen LogP contribution in [0, 0.1) is 0 Å². The zero-order valence-electron chi connectivity index (χ0n) is 18.0. The molecular formula is C26H27ClN2O3. The lowest BCUT2D eigenvalue weighted by Crippen LogP contribution is -2.51. The van der Waals surface area contributed by atoms with E-state index < -0.39 is 6.04 Å². The number of carbonyl (C=O) groups excluding carboxylic acids is 2. The first kappa shape index (κ1) is 23.4. The number of likely N-dealkylation sites (N-methyl/N-ethyl adjacent to an activating group) is 1. The number of para-hydroxylation sites is 1. The molecule has 0 unspecified atom stereocenters. The predicted octanol–water partition coefficient (Wildman–Crippen LogP) is 4.50. The smallest absolute Gasteiger partial charge is 0.261 e. The Labute approximate surface area is 194 Å². The Bertz CT molecular complexity index is 1010. The molecule has 0 bridgehead atoms. The third kappa shape index (κ3) is 6.59. The van der Waals surface area contributed by atoms with Crippen molar-refractivity contribution < 1.29 is 14.3 Å². The highest BCUT2D eigenvalue weighted by atomic mass is 35.5. The molecule has 2 amide bonds. The first-order valence-electron chi connectivity index (χ1n) is 10.6. The van der Waals surface area contributed by atoms with Gasteiger partial charge in [0.1, 0.15) is 11.8 Å². The minimum absolute atomic E-state index is 0.181. The van der Waals surface area contributed by atoms with Gasteiger partial charge >= 0.3 is 0 Å². The maximum atomic E-state index is 13.4. The van der Waals surface area contributed by atoms with Gasteiger partial charge in [0.25, 0.3) is 5.91 Å². The van der Waals surface area contributed by atoms with Crippen molar-refractivity contribution in [3.63, 3.8) is 0 Å². The normalized spacial score (nSPS) is 11.4. The highest BCUT2D eigenvalue weighted by Gasteiger charge is 2.30. The summed E-state index contributed by atoms with van der Waals surface area (Å²) >= 11 is 6.38. The molecule has 0 aliphatic carbocycles. The molecule has 0 radical (unpaired) electrons. The van der Waals surface area contributed by atoms with Crippen LogP contribution in [0.15, 0.2) is 84.9 Å². The maximum Gasteiger partial charge on any atom is 0.261 e. The minimum atomic E-state index is -0.708. The minimum Gasteiger partial charge on any atom is -0.484 e. The van der Waals surface area contributed by atoms with Crippen LogP contribution in [0.2, 0.25) is 5.02 Å². The summed E-state index contributed by atoms with van der Waals surface area (Å²) in [6, 6.07) is 25.4. The highest BCUT2D eigenvalue weighted by Crippen LogP contribution is 2.21. The van der Waals surface area contributed by atoms with Gasteiger partial charge in [0.05, 0.1) is 0 Å². The zero-order chi connectivity index (χ0) is 22.8. The highest BCUT2D eigenvalue weighted by molar-refractivity contribution is 6.31. The summed E-state index contributed by atoms with van der Waals surface area (Å²) in [6.07, 6.45) is 0.383. The molecule has 166 valence electrons. The van der Waals surface area contributed by atoms with E-state index in [2.05, 4.69) is 5.32 Å². The zero-order valence-corrected chi connectivity index (χ0v) is 18.8. The molecule has 3 aromatic rings. The fraction of sp³-hybridized carbons (Fsp3) is 0.231. The molecule has 32 heavy (non-hydrogen) atoms. The molecule has 3 aromatic carbocycles. The summed E-state index contributed by atoms with van der Waals surface area (Å²) in [5.41, 5.74) is 1.73. The molecule has 0 fully saturated rings. The average molecular weight is 451 g/mol. The van der Waals surface area contributed by atoms with E-state index in [1.54, 1.807) is 23.1 Å². The van der Waals surface area contributed by atoms with Gasteiger partial charge in [0.15, 0.2) is 6.61 Å². The molecule has 0 aliphatic heterocycles. The SMILES string of the molecule is CCNC(=O)[C@H](Cc1ccccc1)N(Cc1ccccc1Cl)C(=O)COc1ccccc1. The number of hydrogen-bond donors (Lipinski definition) is 1. The number of rotatable bonds is 10. The summed E-state index contributed by atoms with van der Waals surface area (Å²) in [5, 5.41) is 3.41. The van der Waals surface area contributed by atoms with Crippen molar-refractivity contribution in [2.75, 3.05) is 13.2 Å². The number of ether oxygens (including phenoxy) is 1. The van der Waals surface area contributed by atoms with E-state index in [-0.39, 0.29) is 25.0 Å². The Morgan fingerprint density at radius 1 is 0.938 bits per heavy atom. The first-order valence-corrected chi connectivity index (χ1v) is 11.0. The van der Waals surface area contributed by atoms with E-state index in [0.29, 0.717) is 23.7 Å². The number of nitrogens with one attached hydrogen (secondary N) is 1. The lowest BCUT2D eigenvalue weighted by Gasteiger charge is -2.31. The summed E-state index contributed by atoms with van der Waals surface area (Å²) < 4.78 is 5.70. The van der Waals surface area contributed by atoms with E-state index in [4.69, 9.17) is 16.3 Å². The first-order chi connectivity index (χ1) is 15.6. The predicted molar refractivity (Wildman–Crippen MR) is 127 cm³/mol. The van der Waals surface area contributed by atoms with Crippen molar-refractivity contribution in [1.29, 1.82) is 0 Å². The number of nitrogens with zero attached hydrogens (tertiary/aromatic N) is 1. The fourth-order valence-electron chi connectivity index (χ4n) is 3.40. The molecule has 3 rings (SSSR count). The van der Waals surface area contributed by atoms with Crippen molar-refractivity contribution in [2.45, 2.75) is 25.9 Å². The van der Waals surface area contributed by atoms with Crippen molar-refractivity contribution in [1.82, 2.24) is 10.2 Å². The Morgan fingerprint density at radius 2 is 1.56 bits per heavy atom. The third-order valence-electron chi connectivity index (χ3n) is 5.03. The van der Waals surface area contributed by atoms with E-state index in [1.807, 2.05) is 73.7 Å². The van der Waals surface area contributed by atoms with Crippen LogP contribution in [0.5, 0.6) is 5.75 Å². The van der Waals surface area contributed by atoms with Gasteiger partial charge in [-0.3, -0.25) is 9.59 Å². The van der Waals surface area contributed by atoms with Crippen LogP contribution >= 0.6 is 11.6 Å². The summed E-state index contributed by atoms with van der Waals surface area (Å²) in [7, 11) is 0. The Hall–Kier alpha value is -3.31. The maximum absolute atomic E-state index is 13.4. The van der Waals surface area contributed by atoms with Crippen molar-refractivity contribution in [2.24, 2.45) is 0 Å². The molecule has 6 heteroatoms. The Balaban J connectivity index is 1.89. The van der Waals surface area contributed by atoms with Gasteiger partial charge in [-0.15, -0.1) is 0 Å². The molecule has 0 saturated heterocycles. The molecule has 0 saturated carbocycles. The van der Waals surface area contributed by atoms with E-state index in [9.17, 15) is 9.59 Å². The third-order valence-corrected chi connectivity index (χ3v) is 5.39. The fourth-order valence-corrected chi connectivity index (χ4v) is 3.60. The van der Waals surface area contributed by atoms with Crippen LogP contribution in [0.3, 0.4) is 0 Å². The lowest BCUT2D eigenvalue weighted by atomic mass is 10.0. The van der Waals surface area contributed by atoms with Gasteiger partial charge in [-0.05, 0) is 36.2 Å². The van der Waals surface area contributed by atoms with E-state index in [1.165, 1.54) is 0 Å². The summed E-state index contributed by atoms with van der Waals surface area (Å²) in [6.45, 7) is 2.35. The second kappa shape index (κ2) is 11.9. The standard InChI is InChI=1S/C26H27ClN2O3/c1-2-28-26(31)24(17-20-11-5-3-6-12-20)29(18-21-13-9-10-16-23(21)27)25(30)19-32-22-14-7-4-8-15-22/h3-16,24H,2,17-19H2,1H3,(H,28,31)/t24-/m0/s1. The largest absolute Gasteiger partial charge is 0.484 e. The van der Waals surface area contributed by atoms with Gasteiger partial charge in [0, 0.05) is 24.5 Å². The van der Waals surface area contributed by atoms with Gasteiger partial charge in [-0.25, -0.2) is 0 Å². The molecule has 5 nitrogen and oxygen atoms in total. The Kier molecular flexibility index (Phi) is 8.70. The van der Waals surface area contributed by atoms with Gasteiger partial charge in [-0.1, -0.05) is 78.3 Å². The second-order valence-corrected chi connectivity index (χ2v) is 7.72. The van der Waals surface area contributed by atoms with Crippen molar-refractivity contribution in [3.8, 4) is 5.75 Å². The van der Waals surface area contributed by atoms with Crippen LogP contribution in [0.1, 0.15) is 18.1 Å². The molecule has 0 heterocycles. The number of carbonyl (C=O) groups is 2. The van der Waals surface area contributed by atoms with Crippen LogP contribution in [-0.2, 0) is 22.6 Å². The monoisotopic (exact) mass is 450 g/mol. The van der Waals surface area contributed by atoms with E-state index in [0.717, 1.165) is 11.1 Å². The number of hydrogen-bond acceptors (Lipinski definition) is 3. The second-order valence-electron chi connectivity index (χ2n) is 7.31. The molecule has 1 N–H and O–H groups in total. The molecule has 0 aromatic heterocycles. The molecular weight excluding hydrogens is 424 g/mol. The van der Waals surface area contributed by atoms with Gasteiger partial charge in [0.2, 0.25) is 5.91 Å². The van der Waals surface area contributed by atoms with Crippen molar-refractivity contribution >= 4 is 23.4 Å². The quantitative estimate of drug-likeness (QED) is 0.495.